The number of anilines is 1. The highest BCUT2D eigenvalue weighted by Crippen LogP contribution is 2.43. The molecule has 1 heterocycles. The number of rotatable bonds is 6. The molecule has 6 heteroatoms. The van der Waals surface area contributed by atoms with Gasteiger partial charge in [0.05, 0.1) is 0 Å². The minimum absolute atomic E-state index is 0.125. The van der Waals surface area contributed by atoms with E-state index in [2.05, 4.69) is 15.8 Å². The number of methoxy groups -OCH3 is 1. The summed E-state index contributed by atoms with van der Waals surface area (Å²) < 4.78 is 10.4. The first kappa shape index (κ1) is 16.8. The maximum absolute atomic E-state index is 12.0. The third-order valence-corrected chi connectivity index (χ3v) is 4.37. The quantitative estimate of drug-likeness (QED) is 0.845. The van der Waals surface area contributed by atoms with Crippen LogP contribution in [-0.2, 0) is 10.2 Å². The van der Waals surface area contributed by atoms with Gasteiger partial charge >= 0.3 is 6.03 Å². The Balaban J connectivity index is 1.81. The predicted molar refractivity (Wildman–Crippen MR) is 85.0 cm³/mol. The number of urea groups is 1. The van der Waals surface area contributed by atoms with Crippen LogP contribution in [0.4, 0.5) is 10.6 Å². The smallest absolute Gasteiger partial charge is 0.320 e. The van der Waals surface area contributed by atoms with Crippen LogP contribution in [-0.4, -0.2) is 31.4 Å². The van der Waals surface area contributed by atoms with E-state index in [-0.39, 0.29) is 16.9 Å². The Morgan fingerprint density at radius 3 is 2.68 bits per heavy atom. The molecule has 2 N–H and O–H groups in total. The van der Waals surface area contributed by atoms with Crippen LogP contribution in [0.15, 0.2) is 10.6 Å². The number of carbonyl (C=O) groups excluding carboxylic acids is 1. The number of nitrogens with one attached hydrogen (secondary N) is 2. The summed E-state index contributed by atoms with van der Waals surface area (Å²) in [6.45, 7) is 7.52. The van der Waals surface area contributed by atoms with Gasteiger partial charge in [-0.25, -0.2) is 4.79 Å². The molecule has 22 heavy (non-hydrogen) atoms. The van der Waals surface area contributed by atoms with E-state index < -0.39 is 0 Å². The van der Waals surface area contributed by atoms with Gasteiger partial charge in [0.25, 0.3) is 0 Å². The van der Waals surface area contributed by atoms with Crippen LogP contribution in [0.2, 0.25) is 0 Å². The summed E-state index contributed by atoms with van der Waals surface area (Å²) in [5.41, 5.74) is 0.0767. The molecule has 0 atom stereocenters. The number of hydrogen-bond donors (Lipinski definition) is 2. The van der Waals surface area contributed by atoms with Gasteiger partial charge in [-0.1, -0.05) is 32.3 Å². The van der Waals surface area contributed by atoms with Crippen molar-refractivity contribution >= 4 is 11.8 Å². The topological polar surface area (TPSA) is 76.4 Å². The third-order valence-electron chi connectivity index (χ3n) is 4.37. The standard InChI is InChI=1S/C16H27N3O3/c1-15(2,3)12-10-13(19-22-12)18-14(20)17-11-16(6-5-7-16)8-9-21-4/h10H,5-9,11H2,1-4H3,(H2,17,18,19,20). The lowest BCUT2D eigenvalue weighted by molar-refractivity contribution is 0.0717. The largest absolute Gasteiger partial charge is 0.385 e. The van der Waals surface area contributed by atoms with E-state index in [1.165, 1.54) is 6.42 Å². The summed E-state index contributed by atoms with van der Waals surface area (Å²) in [7, 11) is 1.71. The van der Waals surface area contributed by atoms with Gasteiger partial charge in [-0.15, -0.1) is 0 Å². The molecule has 0 radical (unpaired) electrons. The molecule has 0 unspecified atom stereocenters. The minimum Gasteiger partial charge on any atom is -0.385 e. The Morgan fingerprint density at radius 2 is 2.18 bits per heavy atom. The SMILES string of the molecule is COCCC1(CNC(=O)Nc2cc(C(C)(C)C)on2)CCC1. The fraction of sp³-hybridized carbons (Fsp3) is 0.750. The van der Waals surface area contributed by atoms with Crippen LogP contribution in [0, 0.1) is 5.41 Å². The summed E-state index contributed by atoms with van der Waals surface area (Å²) in [4.78, 5) is 12.0. The molecular weight excluding hydrogens is 282 g/mol. The Kier molecular flexibility index (Phi) is 5.11. The van der Waals surface area contributed by atoms with Gasteiger partial charge in [-0.3, -0.25) is 5.32 Å². The van der Waals surface area contributed by atoms with Gasteiger partial charge < -0.3 is 14.6 Å². The Labute approximate surface area is 132 Å². The van der Waals surface area contributed by atoms with E-state index in [4.69, 9.17) is 9.26 Å². The van der Waals surface area contributed by atoms with Crippen LogP contribution >= 0.6 is 0 Å². The second-order valence-electron chi connectivity index (χ2n) is 7.23. The molecule has 124 valence electrons. The molecule has 1 fully saturated rings. The van der Waals surface area contributed by atoms with Gasteiger partial charge in [-0.2, -0.15) is 0 Å². The van der Waals surface area contributed by atoms with Crippen molar-refractivity contribution in [1.29, 1.82) is 0 Å². The molecule has 0 saturated heterocycles. The third kappa shape index (κ3) is 4.22. The lowest BCUT2D eigenvalue weighted by Crippen LogP contribution is -2.44. The van der Waals surface area contributed by atoms with Gasteiger partial charge in [-0.05, 0) is 24.7 Å². The molecule has 1 aromatic heterocycles. The first-order valence-corrected chi connectivity index (χ1v) is 7.86. The van der Waals surface area contributed by atoms with Crippen molar-refractivity contribution in [3.63, 3.8) is 0 Å². The minimum atomic E-state index is -0.238. The van der Waals surface area contributed by atoms with Crippen LogP contribution in [0.1, 0.15) is 52.2 Å². The maximum atomic E-state index is 12.0. The zero-order chi connectivity index (χ0) is 16.2. The van der Waals surface area contributed by atoms with E-state index in [1.807, 2.05) is 20.8 Å². The molecule has 1 aromatic rings. The monoisotopic (exact) mass is 309 g/mol. The molecule has 0 spiro atoms. The van der Waals surface area contributed by atoms with E-state index in [1.54, 1.807) is 13.2 Å². The van der Waals surface area contributed by atoms with E-state index in [9.17, 15) is 4.79 Å². The van der Waals surface area contributed by atoms with E-state index in [0.717, 1.165) is 31.6 Å². The number of hydrogen-bond acceptors (Lipinski definition) is 4. The molecular formula is C16H27N3O3. The molecule has 0 aliphatic heterocycles. The van der Waals surface area contributed by atoms with Crippen molar-refractivity contribution in [2.45, 2.75) is 51.9 Å². The van der Waals surface area contributed by atoms with E-state index >= 15 is 0 Å². The second-order valence-corrected chi connectivity index (χ2v) is 7.23. The average Bonchev–Trinajstić information content (AvgIpc) is 2.85. The van der Waals surface area contributed by atoms with Crippen molar-refractivity contribution in [1.82, 2.24) is 10.5 Å². The first-order valence-electron chi connectivity index (χ1n) is 7.86. The lowest BCUT2D eigenvalue weighted by Gasteiger charge is -2.42. The van der Waals surface area contributed by atoms with Crippen molar-refractivity contribution in [3.05, 3.63) is 11.8 Å². The van der Waals surface area contributed by atoms with Crippen molar-refractivity contribution in [2.24, 2.45) is 5.41 Å². The average molecular weight is 309 g/mol. The normalized spacial score (nSPS) is 16.9. The summed E-state index contributed by atoms with van der Waals surface area (Å²) >= 11 is 0. The fourth-order valence-corrected chi connectivity index (χ4v) is 2.63. The molecule has 1 aliphatic carbocycles. The molecule has 2 rings (SSSR count). The highest BCUT2D eigenvalue weighted by molar-refractivity contribution is 5.88. The number of amides is 2. The summed E-state index contributed by atoms with van der Waals surface area (Å²) in [6, 6.07) is 1.53. The summed E-state index contributed by atoms with van der Waals surface area (Å²) in [5.74, 6) is 1.19. The van der Waals surface area contributed by atoms with Gasteiger partial charge in [0.2, 0.25) is 0 Å². The molecule has 0 bridgehead atoms. The molecule has 6 nitrogen and oxygen atoms in total. The van der Waals surface area contributed by atoms with Crippen LogP contribution in [0.5, 0.6) is 0 Å². The van der Waals surface area contributed by atoms with Crippen molar-refractivity contribution < 1.29 is 14.1 Å². The molecule has 1 aliphatic rings. The Bertz CT molecular complexity index is 501. The second kappa shape index (κ2) is 6.69. The fourth-order valence-electron chi connectivity index (χ4n) is 2.63. The summed E-state index contributed by atoms with van der Waals surface area (Å²) in [6.07, 6.45) is 4.51. The Hall–Kier alpha value is -1.56. The zero-order valence-corrected chi connectivity index (χ0v) is 14.0. The zero-order valence-electron chi connectivity index (χ0n) is 14.0. The van der Waals surface area contributed by atoms with Gasteiger partial charge in [0.1, 0.15) is 5.76 Å². The maximum Gasteiger partial charge on any atom is 0.320 e. The lowest BCUT2D eigenvalue weighted by atomic mass is 9.67. The van der Waals surface area contributed by atoms with Crippen LogP contribution < -0.4 is 10.6 Å². The number of ether oxygens (including phenoxy) is 1. The highest BCUT2D eigenvalue weighted by atomic mass is 16.5. The van der Waals surface area contributed by atoms with Crippen molar-refractivity contribution in [2.75, 3.05) is 25.6 Å². The number of carbonyl (C=O) groups is 1. The van der Waals surface area contributed by atoms with Crippen LogP contribution in [0.25, 0.3) is 0 Å². The number of nitrogens with zero attached hydrogens (tertiary/aromatic N) is 1. The molecule has 2 amide bonds. The first-order chi connectivity index (χ1) is 10.3. The number of aromatic nitrogens is 1. The van der Waals surface area contributed by atoms with Gasteiger partial charge in [0.15, 0.2) is 5.82 Å². The summed E-state index contributed by atoms with van der Waals surface area (Å²) in [5, 5.41) is 9.55. The highest BCUT2D eigenvalue weighted by Gasteiger charge is 2.36. The Morgan fingerprint density at radius 1 is 1.45 bits per heavy atom. The van der Waals surface area contributed by atoms with Crippen molar-refractivity contribution in [3.8, 4) is 0 Å². The predicted octanol–water partition coefficient (Wildman–Crippen LogP) is 3.30. The van der Waals surface area contributed by atoms with Crippen LogP contribution in [0.3, 0.4) is 0 Å². The molecule has 1 saturated carbocycles. The van der Waals surface area contributed by atoms with E-state index in [0.29, 0.717) is 12.4 Å². The molecule has 0 aromatic carbocycles. The van der Waals surface area contributed by atoms with Gasteiger partial charge in [0, 0.05) is 31.7 Å².